The number of para-hydroxylation sites is 1. The fourth-order valence-corrected chi connectivity index (χ4v) is 3.21. The molecule has 2 N–H and O–H groups in total. The lowest BCUT2D eigenvalue weighted by Crippen LogP contribution is -2.27. The van der Waals surface area contributed by atoms with Crippen LogP contribution in [0.5, 0.6) is 0 Å². The van der Waals surface area contributed by atoms with Gasteiger partial charge in [0.1, 0.15) is 11.6 Å². The molecule has 0 radical (unpaired) electrons. The Morgan fingerprint density at radius 2 is 2.00 bits per heavy atom. The molecule has 0 aliphatic heterocycles. The number of H-pyrrole nitrogens is 1. The lowest BCUT2D eigenvalue weighted by Gasteiger charge is -2.06. The number of nitrogens with one attached hydrogen (secondary N) is 2. The van der Waals surface area contributed by atoms with Crippen molar-refractivity contribution in [3.05, 3.63) is 65.9 Å². The van der Waals surface area contributed by atoms with Gasteiger partial charge in [0.25, 0.3) is 0 Å². The molecule has 0 atom stereocenters. The molecule has 1 amide bonds. The van der Waals surface area contributed by atoms with E-state index >= 15 is 0 Å². The minimum Gasteiger partial charge on any atom is -0.361 e. The minimum atomic E-state index is -0.647. The van der Waals surface area contributed by atoms with Gasteiger partial charge in [-0.15, -0.1) is 11.8 Å². The van der Waals surface area contributed by atoms with Crippen LogP contribution in [0.25, 0.3) is 10.9 Å². The Bertz CT molecular complexity index is 863. The number of aromatic amines is 1. The van der Waals surface area contributed by atoms with Crippen molar-refractivity contribution in [1.29, 1.82) is 0 Å². The number of halogens is 2. The van der Waals surface area contributed by atoms with E-state index in [1.54, 1.807) is 0 Å². The number of aromatic nitrogens is 1. The third-order valence-electron chi connectivity index (χ3n) is 3.64. The molecule has 0 spiro atoms. The van der Waals surface area contributed by atoms with Gasteiger partial charge in [-0.05, 0) is 30.2 Å². The molecule has 3 nitrogen and oxygen atoms in total. The molecular formula is C18H16F2N2OS. The van der Waals surface area contributed by atoms with Gasteiger partial charge in [-0.25, -0.2) is 8.78 Å². The Balaban J connectivity index is 1.47. The van der Waals surface area contributed by atoms with E-state index in [1.165, 1.54) is 12.1 Å². The smallest absolute Gasteiger partial charge is 0.230 e. The first-order valence-corrected chi connectivity index (χ1v) is 8.51. The average Bonchev–Trinajstić information content (AvgIpc) is 2.97. The Morgan fingerprint density at radius 1 is 1.17 bits per heavy atom. The quantitative estimate of drug-likeness (QED) is 0.665. The first-order chi connectivity index (χ1) is 11.6. The summed E-state index contributed by atoms with van der Waals surface area (Å²) in [5.74, 6) is -1.36. The van der Waals surface area contributed by atoms with E-state index in [2.05, 4.69) is 10.3 Å². The van der Waals surface area contributed by atoms with Crippen molar-refractivity contribution in [2.75, 3.05) is 12.3 Å². The van der Waals surface area contributed by atoms with E-state index in [9.17, 15) is 13.6 Å². The van der Waals surface area contributed by atoms with E-state index < -0.39 is 11.6 Å². The lowest BCUT2D eigenvalue weighted by molar-refractivity contribution is -0.118. The second-order valence-electron chi connectivity index (χ2n) is 5.32. The van der Waals surface area contributed by atoms with Crippen molar-refractivity contribution >= 4 is 28.6 Å². The van der Waals surface area contributed by atoms with Crippen LogP contribution in [0, 0.1) is 11.6 Å². The highest BCUT2D eigenvalue weighted by molar-refractivity contribution is 8.00. The zero-order chi connectivity index (χ0) is 16.9. The summed E-state index contributed by atoms with van der Waals surface area (Å²) in [6.07, 6.45) is 2.66. The zero-order valence-corrected chi connectivity index (χ0v) is 13.6. The molecule has 0 bridgehead atoms. The number of benzene rings is 2. The van der Waals surface area contributed by atoms with Crippen LogP contribution in [0.2, 0.25) is 0 Å². The molecule has 24 heavy (non-hydrogen) atoms. The summed E-state index contributed by atoms with van der Waals surface area (Å²) < 4.78 is 26.3. The highest BCUT2D eigenvalue weighted by Crippen LogP contribution is 2.22. The number of hydrogen-bond acceptors (Lipinski definition) is 2. The fourth-order valence-electron chi connectivity index (χ4n) is 2.46. The third-order valence-corrected chi connectivity index (χ3v) is 4.69. The van der Waals surface area contributed by atoms with Gasteiger partial charge < -0.3 is 10.3 Å². The Hall–Kier alpha value is -2.34. The molecule has 0 aliphatic rings. The molecule has 1 aromatic heterocycles. The highest BCUT2D eigenvalue weighted by Gasteiger charge is 2.08. The van der Waals surface area contributed by atoms with Gasteiger partial charge in [-0.1, -0.05) is 18.2 Å². The number of amides is 1. The molecule has 0 aliphatic carbocycles. The molecule has 0 unspecified atom stereocenters. The SMILES string of the molecule is O=C(CSc1ccc(F)cc1F)NCCc1c[nH]c2ccccc12. The topological polar surface area (TPSA) is 44.9 Å². The monoisotopic (exact) mass is 346 g/mol. The summed E-state index contributed by atoms with van der Waals surface area (Å²) in [7, 11) is 0. The standard InChI is InChI=1S/C18H16F2N2OS/c19-13-5-6-17(15(20)9-13)24-11-18(23)21-8-7-12-10-22-16-4-2-1-3-14(12)16/h1-6,9-10,22H,7-8,11H2,(H,21,23). The second-order valence-corrected chi connectivity index (χ2v) is 6.34. The van der Waals surface area contributed by atoms with Crippen molar-refractivity contribution in [3.63, 3.8) is 0 Å². The van der Waals surface area contributed by atoms with E-state index in [-0.39, 0.29) is 16.6 Å². The molecule has 3 aromatic rings. The van der Waals surface area contributed by atoms with Crippen LogP contribution in [0.15, 0.2) is 53.6 Å². The summed E-state index contributed by atoms with van der Waals surface area (Å²) in [5, 5.41) is 3.96. The van der Waals surface area contributed by atoms with Gasteiger partial charge in [-0.2, -0.15) is 0 Å². The molecule has 0 saturated heterocycles. The maximum Gasteiger partial charge on any atom is 0.230 e. The molecule has 6 heteroatoms. The molecule has 0 fully saturated rings. The Morgan fingerprint density at radius 3 is 2.83 bits per heavy atom. The molecule has 3 rings (SSSR count). The third kappa shape index (κ3) is 3.94. The minimum absolute atomic E-state index is 0.0937. The maximum atomic E-state index is 13.5. The van der Waals surface area contributed by atoms with Crippen LogP contribution >= 0.6 is 11.8 Å². The molecular weight excluding hydrogens is 330 g/mol. The fraction of sp³-hybridized carbons (Fsp3) is 0.167. The van der Waals surface area contributed by atoms with Crippen LogP contribution in [-0.4, -0.2) is 23.2 Å². The predicted molar refractivity (Wildman–Crippen MR) is 92.1 cm³/mol. The summed E-state index contributed by atoms with van der Waals surface area (Å²) in [6.45, 7) is 0.507. The van der Waals surface area contributed by atoms with Crippen molar-refractivity contribution < 1.29 is 13.6 Å². The first kappa shape index (κ1) is 16.5. The van der Waals surface area contributed by atoms with Crippen molar-refractivity contribution in [2.24, 2.45) is 0 Å². The van der Waals surface area contributed by atoms with Gasteiger partial charge in [0.2, 0.25) is 5.91 Å². The number of fused-ring (bicyclic) bond motifs is 1. The average molecular weight is 346 g/mol. The number of hydrogen-bond donors (Lipinski definition) is 2. The van der Waals surface area contributed by atoms with E-state index in [1.807, 2.05) is 30.5 Å². The molecule has 0 saturated carbocycles. The van der Waals surface area contributed by atoms with E-state index in [0.717, 1.165) is 34.3 Å². The Labute approximate surface area is 142 Å². The van der Waals surface area contributed by atoms with Gasteiger partial charge in [-0.3, -0.25) is 4.79 Å². The first-order valence-electron chi connectivity index (χ1n) is 7.53. The summed E-state index contributed by atoms with van der Waals surface area (Å²) in [6, 6.07) is 11.3. The second kappa shape index (κ2) is 7.49. The van der Waals surface area contributed by atoms with Crippen LogP contribution in [0.4, 0.5) is 8.78 Å². The number of carbonyl (C=O) groups excluding carboxylic acids is 1. The van der Waals surface area contributed by atoms with Crippen LogP contribution in [-0.2, 0) is 11.2 Å². The molecule has 2 aromatic carbocycles. The zero-order valence-electron chi connectivity index (χ0n) is 12.8. The molecule has 124 valence electrons. The van der Waals surface area contributed by atoms with E-state index in [4.69, 9.17) is 0 Å². The number of carbonyl (C=O) groups is 1. The van der Waals surface area contributed by atoms with Crippen LogP contribution < -0.4 is 5.32 Å². The number of rotatable bonds is 6. The normalized spacial score (nSPS) is 10.9. The van der Waals surface area contributed by atoms with Gasteiger partial charge in [0, 0.05) is 34.6 Å². The van der Waals surface area contributed by atoms with Crippen molar-refractivity contribution in [3.8, 4) is 0 Å². The van der Waals surface area contributed by atoms with Crippen LogP contribution in [0.1, 0.15) is 5.56 Å². The van der Waals surface area contributed by atoms with Crippen molar-refractivity contribution in [2.45, 2.75) is 11.3 Å². The van der Waals surface area contributed by atoms with Gasteiger partial charge >= 0.3 is 0 Å². The maximum absolute atomic E-state index is 13.5. The predicted octanol–water partition coefficient (Wildman–Crippen LogP) is 3.90. The van der Waals surface area contributed by atoms with Gasteiger partial charge in [0.05, 0.1) is 5.75 Å². The Kier molecular flexibility index (Phi) is 5.15. The van der Waals surface area contributed by atoms with Crippen molar-refractivity contribution in [1.82, 2.24) is 10.3 Å². The van der Waals surface area contributed by atoms with Crippen LogP contribution in [0.3, 0.4) is 0 Å². The highest BCUT2D eigenvalue weighted by atomic mass is 32.2. The summed E-state index contributed by atoms with van der Waals surface area (Å²) in [5.41, 5.74) is 2.21. The largest absolute Gasteiger partial charge is 0.361 e. The number of thioether (sulfide) groups is 1. The van der Waals surface area contributed by atoms with E-state index in [0.29, 0.717) is 13.0 Å². The summed E-state index contributed by atoms with van der Waals surface area (Å²) >= 11 is 1.05. The lowest BCUT2D eigenvalue weighted by atomic mass is 10.1. The summed E-state index contributed by atoms with van der Waals surface area (Å²) in [4.78, 5) is 15.3. The molecule has 1 heterocycles. The van der Waals surface area contributed by atoms with Gasteiger partial charge in [0.15, 0.2) is 0 Å².